The smallest absolute Gasteiger partial charge is 0.262 e. The standard InChI is InChI=1S/C41H42N8O9/c1-46-21-32(28-9-11-42-18-31(28)39(46)52)24-15-35(55-2)33(36(16-24)56-3)22-47-13-10-27(20-47)58-23-25-19-48(45-44-25)12-4-14-57-26-5-6-29-30(17-26)41(54)49(40(29)53)34-7-8-37(50)43-38(34)51/h5-6,9,11,15-19,21,27,34H,4,7-8,10,12-14,20,22-23H2,1-3H3,(H,43,50,51). The molecule has 2 atom stereocenters. The van der Waals surface area contributed by atoms with Crippen molar-refractivity contribution in [3.05, 3.63) is 93.9 Å². The van der Waals surface area contributed by atoms with E-state index in [-0.39, 0.29) is 35.6 Å². The summed E-state index contributed by atoms with van der Waals surface area (Å²) in [5.74, 6) is -0.419. The number of carbonyl (C=O) groups excluding carboxylic acids is 4. The number of methoxy groups -OCH3 is 2. The highest BCUT2D eigenvalue weighted by Gasteiger charge is 2.44. The van der Waals surface area contributed by atoms with Crippen LogP contribution in [0.1, 0.15) is 57.7 Å². The largest absolute Gasteiger partial charge is 0.496 e. The third-order valence-corrected chi connectivity index (χ3v) is 10.8. The molecule has 2 aromatic carbocycles. The predicted octanol–water partition coefficient (Wildman–Crippen LogP) is 2.87. The normalized spacial score (nSPS) is 18.2. The van der Waals surface area contributed by atoms with Crippen molar-refractivity contribution in [2.75, 3.05) is 33.9 Å². The zero-order valence-electron chi connectivity index (χ0n) is 32.3. The Balaban J connectivity index is 0.816. The van der Waals surface area contributed by atoms with Gasteiger partial charge in [-0.1, -0.05) is 5.21 Å². The topological polar surface area (TPSA) is 189 Å². The second kappa shape index (κ2) is 16.2. The molecule has 1 N–H and O–H groups in total. The van der Waals surface area contributed by atoms with Gasteiger partial charge in [0.05, 0.1) is 61.8 Å². The van der Waals surface area contributed by atoms with Crippen molar-refractivity contribution in [3.8, 4) is 28.4 Å². The summed E-state index contributed by atoms with van der Waals surface area (Å²) in [7, 11) is 5.01. The van der Waals surface area contributed by atoms with Gasteiger partial charge in [-0.3, -0.25) is 48.8 Å². The lowest BCUT2D eigenvalue weighted by Gasteiger charge is -2.27. The molecule has 8 rings (SSSR count). The van der Waals surface area contributed by atoms with Gasteiger partial charge in [0.15, 0.2) is 0 Å². The molecule has 300 valence electrons. The first-order chi connectivity index (χ1) is 28.1. The van der Waals surface area contributed by atoms with Crippen LogP contribution in [0.2, 0.25) is 0 Å². The number of fused-ring (bicyclic) bond motifs is 2. The van der Waals surface area contributed by atoms with Gasteiger partial charge < -0.3 is 23.5 Å². The maximum atomic E-state index is 13.1. The van der Waals surface area contributed by atoms with E-state index in [1.165, 1.54) is 12.1 Å². The lowest BCUT2D eigenvalue weighted by atomic mass is 9.99. The van der Waals surface area contributed by atoms with E-state index in [1.807, 2.05) is 30.6 Å². The number of aryl methyl sites for hydroxylation is 2. The fourth-order valence-corrected chi connectivity index (χ4v) is 7.81. The summed E-state index contributed by atoms with van der Waals surface area (Å²) >= 11 is 0. The van der Waals surface area contributed by atoms with Crippen LogP contribution in [0.3, 0.4) is 0 Å². The van der Waals surface area contributed by atoms with Crippen molar-refractivity contribution in [3.63, 3.8) is 0 Å². The lowest BCUT2D eigenvalue weighted by molar-refractivity contribution is -0.136. The van der Waals surface area contributed by atoms with Gasteiger partial charge in [0, 0.05) is 70.2 Å². The molecule has 17 heteroatoms. The highest BCUT2D eigenvalue weighted by Crippen LogP contribution is 2.38. The molecule has 58 heavy (non-hydrogen) atoms. The Kier molecular flexibility index (Phi) is 10.7. The van der Waals surface area contributed by atoms with Crippen molar-refractivity contribution in [1.29, 1.82) is 0 Å². The Labute approximate surface area is 332 Å². The van der Waals surface area contributed by atoms with E-state index in [0.29, 0.717) is 61.1 Å². The van der Waals surface area contributed by atoms with E-state index in [2.05, 4.69) is 25.5 Å². The van der Waals surface area contributed by atoms with Gasteiger partial charge in [-0.25, -0.2) is 0 Å². The Morgan fingerprint density at radius 1 is 0.897 bits per heavy atom. The number of rotatable bonds is 14. The number of hydrogen-bond acceptors (Lipinski definition) is 13. The van der Waals surface area contributed by atoms with Crippen LogP contribution in [-0.2, 0) is 41.1 Å². The zero-order chi connectivity index (χ0) is 40.5. The van der Waals surface area contributed by atoms with Crippen LogP contribution < -0.4 is 25.1 Å². The van der Waals surface area contributed by atoms with Gasteiger partial charge in [-0.15, -0.1) is 5.10 Å². The van der Waals surface area contributed by atoms with E-state index in [9.17, 15) is 24.0 Å². The lowest BCUT2D eigenvalue weighted by Crippen LogP contribution is -2.54. The molecule has 3 aliphatic rings. The SMILES string of the molecule is COc1cc(-c2cn(C)c(=O)c3cnccc23)cc(OC)c1CN1CCC(OCc2cn(CCCOc3ccc4c(c3)C(=O)N(C3CCC(=O)NC3=O)C4=O)nn2)C1. The molecule has 5 aromatic rings. The minimum absolute atomic E-state index is 0.00555. The number of aromatic nitrogens is 5. The third kappa shape index (κ3) is 7.53. The number of likely N-dealkylation sites (tertiary alicyclic amines) is 1. The van der Waals surface area contributed by atoms with Gasteiger partial charge in [0.1, 0.15) is 29.0 Å². The second-order valence-electron chi connectivity index (χ2n) is 14.5. The van der Waals surface area contributed by atoms with Crippen LogP contribution in [0.5, 0.6) is 17.2 Å². The van der Waals surface area contributed by atoms with Crippen molar-refractivity contribution >= 4 is 34.4 Å². The number of piperidine rings is 1. The maximum Gasteiger partial charge on any atom is 0.262 e. The molecular formula is C41H42N8O9. The quantitative estimate of drug-likeness (QED) is 0.128. The number of imide groups is 2. The van der Waals surface area contributed by atoms with Crippen LogP contribution in [0.15, 0.2) is 66.0 Å². The number of nitrogens with one attached hydrogen (secondary N) is 1. The monoisotopic (exact) mass is 790 g/mol. The van der Waals surface area contributed by atoms with Crippen molar-refractivity contribution < 1.29 is 38.1 Å². The van der Waals surface area contributed by atoms with E-state index in [1.54, 1.807) is 49.0 Å². The van der Waals surface area contributed by atoms with Gasteiger partial charge >= 0.3 is 0 Å². The van der Waals surface area contributed by atoms with Crippen molar-refractivity contribution in [2.45, 2.75) is 57.5 Å². The Morgan fingerprint density at radius 3 is 2.47 bits per heavy atom. The van der Waals surface area contributed by atoms with E-state index in [4.69, 9.17) is 18.9 Å². The first-order valence-electron chi connectivity index (χ1n) is 19.0. The van der Waals surface area contributed by atoms with Crippen LogP contribution in [-0.4, -0.2) is 104 Å². The second-order valence-corrected chi connectivity index (χ2v) is 14.5. The minimum atomic E-state index is -1.02. The summed E-state index contributed by atoms with van der Waals surface area (Å²) in [5.41, 5.74) is 3.62. The molecule has 6 heterocycles. The van der Waals surface area contributed by atoms with Crippen LogP contribution in [0.25, 0.3) is 21.9 Å². The fourth-order valence-electron chi connectivity index (χ4n) is 7.81. The first-order valence-corrected chi connectivity index (χ1v) is 19.0. The minimum Gasteiger partial charge on any atom is -0.496 e. The highest BCUT2D eigenvalue weighted by atomic mass is 16.5. The Hall–Kier alpha value is -6.46. The molecule has 4 amide bonds. The number of nitrogens with zero attached hydrogens (tertiary/aromatic N) is 7. The molecule has 3 aliphatic heterocycles. The number of hydrogen-bond donors (Lipinski definition) is 1. The molecular weight excluding hydrogens is 748 g/mol. The average Bonchev–Trinajstić information content (AvgIpc) is 3.95. The molecule has 0 bridgehead atoms. The summed E-state index contributed by atoms with van der Waals surface area (Å²) in [6, 6.07) is 9.44. The number of amides is 4. The van der Waals surface area contributed by atoms with Gasteiger partial charge in [0.2, 0.25) is 11.8 Å². The highest BCUT2D eigenvalue weighted by molar-refractivity contribution is 6.23. The molecule has 0 saturated carbocycles. The summed E-state index contributed by atoms with van der Waals surface area (Å²) in [6.45, 7) is 3.32. The van der Waals surface area contributed by atoms with Crippen molar-refractivity contribution in [2.24, 2.45) is 7.05 Å². The van der Waals surface area contributed by atoms with Crippen LogP contribution >= 0.6 is 0 Å². The van der Waals surface area contributed by atoms with E-state index in [0.717, 1.165) is 46.5 Å². The van der Waals surface area contributed by atoms with Gasteiger partial charge in [0.25, 0.3) is 17.4 Å². The fraction of sp³-hybridized carbons (Fsp3) is 0.366. The number of benzene rings is 2. The van der Waals surface area contributed by atoms with E-state index >= 15 is 0 Å². The van der Waals surface area contributed by atoms with Crippen LogP contribution in [0, 0.1) is 0 Å². The zero-order valence-corrected chi connectivity index (χ0v) is 32.3. The van der Waals surface area contributed by atoms with Crippen LogP contribution in [0.4, 0.5) is 0 Å². The predicted molar refractivity (Wildman–Crippen MR) is 207 cm³/mol. The summed E-state index contributed by atoms with van der Waals surface area (Å²) in [4.78, 5) is 70.1. The van der Waals surface area contributed by atoms with E-state index < -0.39 is 29.7 Å². The summed E-state index contributed by atoms with van der Waals surface area (Å²) in [5, 5.41) is 12.0. The number of carbonyl (C=O) groups is 4. The average molecular weight is 791 g/mol. The Morgan fingerprint density at radius 2 is 1.69 bits per heavy atom. The molecule has 2 unspecified atom stereocenters. The first kappa shape index (κ1) is 38.4. The Bertz CT molecular complexity index is 2470. The third-order valence-electron chi connectivity index (χ3n) is 10.8. The molecule has 3 aromatic heterocycles. The molecule has 2 fully saturated rings. The number of pyridine rings is 2. The molecule has 0 spiro atoms. The molecule has 2 saturated heterocycles. The molecule has 0 radical (unpaired) electrons. The molecule has 0 aliphatic carbocycles. The number of ether oxygens (including phenoxy) is 4. The van der Waals surface area contributed by atoms with Crippen molar-refractivity contribution in [1.82, 2.24) is 39.7 Å². The summed E-state index contributed by atoms with van der Waals surface area (Å²) < 4.78 is 27.2. The van der Waals surface area contributed by atoms with Gasteiger partial charge in [-0.05, 0) is 60.2 Å². The maximum absolute atomic E-state index is 13.1. The molecule has 17 nitrogen and oxygen atoms in total. The summed E-state index contributed by atoms with van der Waals surface area (Å²) in [6.07, 6.45) is 8.54. The van der Waals surface area contributed by atoms with Gasteiger partial charge in [-0.2, -0.15) is 0 Å².